The van der Waals surface area contributed by atoms with Crippen molar-refractivity contribution in [2.24, 2.45) is 0 Å². The topological polar surface area (TPSA) is 219 Å². The van der Waals surface area contributed by atoms with E-state index in [9.17, 15) is 28.2 Å². The molecule has 5 rings (SSSR count). The van der Waals surface area contributed by atoms with Gasteiger partial charge in [-0.15, -0.1) is 0 Å². The third-order valence-electron chi connectivity index (χ3n) is 6.48. The van der Waals surface area contributed by atoms with E-state index in [2.05, 4.69) is 35.6 Å². The number of carbonyl (C=O) groups excluding carboxylic acids is 2. The molecule has 1 aliphatic heterocycles. The molecule has 6 N–H and O–H groups in total. The largest absolute Gasteiger partial charge is 0.497 e. The number of aliphatic hydroxyl groups is 2. The van der Waals surface area contributed by atoms with E-state index < -0.39 is 46.5 Å². The van der Waals surface area contributed by atoms with E-state index in [0.717, 1.165) is 6.33 Å². The van der Waals surface area contributed by atoms with Gasteiger partial charge in [-0.2, -0.15) is 0 Å². The van der Waals surface area contributed by atoms with Crippen molar-refractivity contribution in [1.29, 1.82) is 0 Å². The number of benzene rings is 2. The summed E-state index contributed by atoms with van der Waals surface area (Å²) in [5, 5.41) is 28.5. The number of aromatic nitrogens is 4. The minimum atomic E-state index is -4.11. The molecule has 2 aromatic heterocycles. The van der Waals surface area contributed by atoms with Crippen LogP contribution in [0.3, 0.4) is 0 Å². The summed E-state index contributed by atoms with van der Waals surface area (Å²) >= 11 is 0. The molecule has 0 radical (unpaired) electrons. The molecule has 4 aromatic rings. The van der Waals surface area contributed by atoms with Crippen LogP contribution in [0, 0.1) is 0 Å². The number of sulfonamides is 1. The van der Waals surface area contributed by atoms with Crippen LogP contribution in [-0.2, 0) is 19.6 Å². The lowest BCUT2D eigenvalue weighted by Crippen LogP contribution is -2.42. The van der Waals surface area contributed by atoms with Gasteiger partial charge in [-0.05, 0) is 43.3 Å². The number of likely N-dealkylation sites (N-methyl/N-ethyl adjacent to an activating group) is 1. The zero-order valence-corrected chi connectivity index (χ0v) is 23.6. The molecule has 3 heterocycles. The van der Waals surface area contributed by atoms with E-state index in [-0.39, 0.29) is 27.6 Å². The molecular weight excluding hydrogens is 584 g/mol. The molecule has 3 amide bonds. The Kier molecular flexibility index (Phi) is 8.40. The molecule has 0 saturated carbocycles. The van der Waals surface area contributed by atoms with Crippen LogP contribution >= 0.6 is 0 Å². The number of aliphatic hydroxyl groups excluding tert-OH is 2. The van der Waals surface area contributed by atoms with Gasteiger partial charge in [0.05, 0.1) is 19.1 Å². The van der Waals surface area contributed by atoms with Crippen LogP contribution in [0.25, 0.3) is 11.2 Å². The molecule has 1 saturated heterocycles. The number of para-hydroxylation sites is 1. The van der Waals surface area contributed by atoms with E-state index in [4.69, 9.17) is 9.47 Å². The summed E-state index contributed by atoms with van der Waals surface area (Å²) in [4.78, 5) is 37.5. The number of carbonyl (C=O) groups is 2. The van der Waals surface area contributed by atoms with Crippen molar-refractivity contribution >= 4 is 50.3 Å². The number of ether oxygens (including phenoxy) is 2. The second-order valence-electron chi connectivity index (χ2n) is 9.28. The lowest BCUT2D eigenvalue weighted by molar-refractivity contribution is -0.137. The molecular formula is C26H28N8O8S. The Morgan fingerprint density at radius 2 is 1.77 bits per heavy atom. The number of imidazole rings is 1. The van der Waals surface area contributed by atoms with Gasteiger partial charge in [-0.25, -0.2) is 28.2 Å². The Balaban J connectivity index is 1.34. The van der Waals surface area contributed by atoms with Crippen LogP contribution in [0.2, 0.25) is 0 Å². The van der Waals surface area contributed by atoms with E-state index in [0.29, 0.717) is 18.0 Å². The van der Waals surface area contributed by atoms with Gasteiger partial charge in [0.15, 0.2) is 29.3 Å². The number of rotatable bonds is 9. The van der Waals surface area contributed by atoms with Crippen LogP contribution in [0.5, 0.6) is 5.75 Å². The van der Waals surface area contributed by atoms with Gasteiger partial charge in [0.25, 0.3) is 15.9 Å². The maximum absolute atomic E-state index is 13.1. The molecule has 2 aromatic carbocycles. The van der Waals surface area contributed by atoms with Crippen LogP contribution < -0.4 is 25.4 Å². The average molecular weight is 613 g/mol. The highest BCUT2D eigenvalue weighted by Crippen LogP contribution is 2.32. The van der Waals surface area contributed by atoms with E-state index in [1.165, 1.54) is 48.3 Å². The first-order valence-corrected chi connectivity index (χ1v) is 14.4. The average Bonchev–Trinajstić information content (AvgIpc) is 3.54. The Hall–Kier alpha value is -4.84. The number of urea groups is 1. The van der Waals surface area contributed by atoms with Crippen molar-refractivity contribution in [3.05, 3.63) is 61.2 Å². The highest BCUT2D eigenvalue weighted by Gasteiger charge is 2.47. The predicted molar refractivity (Wildman–Crippen MR) is 153 cm³/mol. The van der Waals surface area contributed by atoms with Gasteiger partial charge < -0.3 is 30.3 Å². The SMILES string of the molecule is CCNC(=O)[C@H]1O[C@@H](n2cnc3c(NC(=O)Nc4ccccc4S(=O)(=O)Nc4ccc(OC)cc4)ncnc32)C(O)C1O. The van der Waals surface area contributed by atoms with Gasteiger partial charge in [0, 0.05) is 12.2 Å². The molecule has 0 aliphatic carbocycles. The minimum absolute atomic E-state index is 0.00953. The standard InChI is InChI=1S/C26H28N8O8S/c1-3-27-24(37)21-19(35)20(36)25(42-21)34-13-30-18-22(28-12-29-23(18)34)32-26(38)31-16-6-4-5-7-17(16)43(39,40)33-14-8-10-15(41-2)11-9-14/h4-13,19-21,25,33,35-36H,3H2,1-2H3,(H,27,37)(H2,28,29,31,32,38)/t19?,20?,21-,25+/m0/s1. The molecule has 4 atom stereocenters. The second-order valence-corrected chi connectivity index (χ2v) is 10.9. The lowest BCUT2D eigenvalue weighted by Gasteiger charge is -2.16. The maximum Gasteiger partial charge on any atom is 0.324 e. The fraction of sp³-hybridized carbons (Fsp3) is 0.269. The van der Waals surface area contributed by atoms with Crippen molar-refractivity contribution in [3.63, 3.8) is 0 Å². The van der Waals surface area contributed by atoms with Crippen LogP contribution in [-0.4, -0.2) is 82.1 Å². The van der Waals surface area contributed by atoms with Crippen molar-refractivity contribution in [2.75, 3.05) is 29.0 Å². The highest BCUT2D eigenvalue weighted by atomic mass is 32.2. The summed E-state index contributed by atoms with van der Waals surface area (Å²) in [6, 6.07) is 11.3. The summed E-state index contributed by atoms with van der Waals surface area (Å²) in [5.74, 6) is -0.0687. The smallest absolute Gasteiger partial charge is 0.324 e. The second kappa shape index (κ2) is 12.2. The number of anilines is 3. The third-order valence-corrected chi connectivity index (χ3v) is 7.92. The Bertz CT molecular complexity index is 1750. The first kappa shape index (κ1) is 29.6. The van der Waals surface area contributed by atoms with Crippen molar-refractivity contribution in [1.82, 2.24) is 24.8 Å². The van der Waals surface area contributed by atoms with E-state index in [1.807, 2.05) is 0 Å². The number of fused-ring (bicyclic) bond motifs is 1. The minimum Gasteiger partial charge on any atom is -0.497 e. The van der Waals surface area contributed by atoms with Gasteiger partial charge in [-0.3, -0.25) is 19.4 Å². The molecule has 1 fully saturated rings. The van der Waals surface area contributed by atoms with E-state index >= 15 is 0 Å². The van der Waals surface area contributed by atoms with Crippen molar-refractivity contribution < 1.29 is 37.7 Å². The summed E-state index contributed by atoms with van der Waals surface area (Å²) in [5.41, 5.74) is 0.515. The van der Waals surface area contributed by atoms with Gasteiger partial charge >= 0.3 is 6.03 Å². The first-order chi connectivity index (χ1) is 20.6. The molecule has 226 valence electrons. The van der Waals surface area contributed by atoms with E-state index in [1.54, 1.807) is 25.1 Å². The molecule has 1 aliphatic rings. The fourth-order valence-electron chi connectivity index (χ4n) is 4.44. The number of amides is 3. The zero-order chi connectivity index (χ0) is 30.7. The number of methoxy groups -OCH3 is 1. The van der Waals surface area contributed by atoms with Crippen LogP contribution in [0.4, 0.5) is 22.0 Å². The molecule has 0 bridgehead atoms. The zero-order valence-electron chi connectivity index (χ0n) is 22.8. The van der Waals surface area contributed by atoms with Crippen molar-refractivity contribution in [2.45, 2.75) is 36.4 Å². The summed E-state index contributed by atoms with van der Waals surface area (Å²) < 4.78 is 40.8. The van der Waals surface area contributed by atoms with Gasteiger partial charge in [-0.1, -0.05) is 12.1 Å². The van der Waals surface area contributed by atoms with Crippen LogP contribution in [0.1, 0.15) is 13.2 Å². The summed E-state index contributed by atoms with van der Waals surface area (Å²) in [7, 11) is -2.61. The third kappa shape index (κ3) is 6.05. The molecule has 0 spiro atoms. The summed E-state index contributed by atoms with van der Waals surface area (Å²) in [6.45, 7) is 2.01. The molecule has 16 nitrogen and oxygen atoms in total. The first-order valence-electron chi connectivity index (χ1n) is 12.9. The Morgan fingerprint density at radius 3 is 2.49 bits per heavy atom. The molecule has 43 heavy (non-hydrogen) atoms. The monoisotopic (exact) mass is 612 g/mol. The maximum atomic E-state index is 13.1. The van der Waals surface area contributed by atoms with Gasteiger partial charge in [0.1, 0.15) is 29.2 Å². The fourth-order valence-corrected chi connectivity index (χ4v) is 5.67. The number of nitrogens with zero attached hydrogens (tertiary/aromatic N) is 4. The summed E-state index contributed by atoms with van der Waals surface area (Å²) in [6.07, 6.45) is -3.13. The molecule has 2 unspecified atom stereocenters. The number of nitrogens with one attached hydrogen (secondary N) is 4. The number of hydrogen-bond donors (Lipinski definition) is 6. The number of hydrogen-bond acceptors (Lipinski definition) is 11. The predicted octanol–water partition coefficient (Wildman–Crippen LogP) is 1.03. The lowest BCUT2D eigenvalue weighted by atomic mass is 10.1. The van der Waals surface area contributed by atoms with Crippen LogP contribution in [0.15, 0.2) is 66.1 Å². The van der Waals surface area contributed by atoms with Gasteiger partial charge in [0.2, 0.25) is 0 Å². The Labute approximate surface area is 245 Å². The molecule has 17 heteroatoms. The normalized spacial score (nSPS) is 20.0. The quantitative estimate of drug-likeness (QED) is 0.157. The highest BCUT2D eigenvalue weighted by molar-refractivity contribution is 7.92. The van der Waals surface area contributed by atoms with Crippen molar-refractivity contribution in [3.8, 4) is 5.75 Å². The Morgan fingerprint density at radius 1 is 1.02 bits per heavy atom.